The molecule has 0 atom stereocenters. The number of rotatable bonds is 4. The summed E-state index contributed by atoms with van der Waals surface area (Å²) in [4.78, 5) is 11.0. The summed E-state index contributed by atoms with van der Waals surface area (Å²) in [6.45, 7) is 5.89. The third kappa shape index (κ3) is 2.94. The van der Waals surface area contributed by atoms with Crippen molar-refractivity contribution in [2.24, 2.45) is 0 Å². The summed E-state index contributed by atoms with van der Waals surface area (Å²) in [5, 5.41) is 2.65. The van der Waals surface area contributed by atoms with Gasteiger partial charge in [0.15, 0.2) is 0 Å². The zero-order valence-corrected chi connectivity index (χ0v) is 8.12. The highest BCUT2D eigenvalue weighted by Gasteiger charge is 1.98. The second-order valence-corrected chi connectivity index (χ2v) is 2.65. The fraction of sp³-hybridized carbons (Fsp3) is 0.182. The summed E-state index contributed by atoms with van der Waals surface area (Å²) in [6, 6.07) is 7.23. The molecule has 0 spiro atoms. The molecule has 1 aromatic carbocycles. The number of carbonyl (C=O) groups is 1. The second-order valence-electron chi connectivity index (χ2n) is 2.65. The van der Waals surface area contributed by atoms with Crippen molar-refractivity contribution in [2.45, 2.75) is 6.92 Å². The molecule has 0 aliphatic rings. The molecule has 0 radical (unpaired) electrons. The van der Waals surface area contributed by atoms with Gasteiger partial charge in [-0.05, 0) is 25.1 Å². The summed E-state index contributed by atoms with van der Waals surface area (Å²) in [6.07, 6.45) is 1.23. The largest absolute Gasteiger partial charge is 0.494 e. The molecule has 14 heavy (non-hydrogen) atoms. The van der Waals surface area contributed by atoms with Crippen molar-refractivity contribution in [2.75, 3.05) is 11.9 Å². The molecule has 0 unspecified atom stereocenters. The average molecular weight is 191 g/mol. The Morgan fingerprint density at radius 1 is 1.64 bits per heavy atom. The normalized spacial score (nSPS) is 9.21. The van der Waals surface area contributed by atoms with E-state index in [4.69, 9.17) is 4.74 Å². The van der Waals surface area contributed by atoms with Crippen LogP contribution in [0.25, 0.3) is 0 Å². The standard InChI is InChI=1S/C11H13NO2/c1-3-11(13)12-9-6-5-7-10(8-9)14-4-2/h3,5-8H,1,4H2,2H3,(H,12,13). The molecule has 0 aliphatic heterocycles. The summed E-state index contributed by atoms with van der Waals surface area (Å²) >= 11 is 0. The minimum Gasteiger partial charge on any atom is -0.494 e. The van der Waals surface area contributed by atoms with Crippen molar-refractivity contribution in [3.63, 3.8) is 0 Å². The van der Waals surface area contributed by atoms with E-state index < -0.39 is 0 Å². The maximum Gasteiger partial charge on any atom is 0.247 e. The molecule has 0 aromatic heterocycles. The van der Waals surface area contributed by atoms with Gasteiger partial charge in [0.2, 0.25) is 5.91 Å². The monoisotopic (exact) mass is 191 g/mol. The molecule has 1 N–H and O–H groups in total. The Kier molecular flexibility index (Phi) is 3.73. The highest BCUT2D eigenvalue weighted by atomic mass is 16.5. The lowest BCUT2D eigenvalue weighted by molar-refractivity contribution is -0.111. The minimum absolute atomic E-state index is 0.223. The molecule has 74 valence electrons. The van der Waals surface area contributed by atoms with E-state index in [1.165, 1.54) is 6.08 Å². The summed E-state index contributed by atoms with van der Waals surface area (Å²) in [7, 11) is 0. The van der Waals surface area contributed by atoms with Crippen LogP contribution in [0.1, 0.15) is 6.92 Å². The van der Waals surface area contributed by atoms with E-state index in [1.807, 2.05) is 19.1 Å². The van der Waals surface area contributed by atoms with Gasteiger partial charge in [-0.15, -0.1) is 0 Å². The van der Waals surface area contributed by atoms with Crippen LogP contribution in [0.15, 0.2) is 36.9 Å². The Bertz CT molecular complexity index is 334. The molecule has 0 aliphatic carbocycles. The molecular formula is C11H13NO2. The Hall–Kier alpha value is -1.77. The highest BCUT2D eigenvalue weighted by molar-refractivity contribution is 5.98. The van der Waals surface area contributed by atoms with E-state index >= 15 is 0 Å². The van der Waals surface area contributed by atoms with E-state index in [9.17, 15) is 4.79 Å². The van der Waals surface area contributed by atoms with Gasteiger partial charge in [0, 0.05) is 11.8 Å². The van der Waals surface area contributed by atoms with Gasteiger partial charge in [0.1, 0.15) is 5.75 Å². The number of amides is 1. The smallest absolute Gasteiger partial charge is 0.247 e. The van der Waals surface area contributed by atoms with Crippen LogP contribution in [0.4, 0.5) is 5.69 Å². The highest BCUT2D eigenvalue weighted by Crippen LogP contribution is 2.16. The number of anilines is 1. The number of carbonyl (C=O) groups excluding carboxylic acids is 1. The Morgan fingerprint density at radius 3 is 3.07 bits per heavy atom. The maximum atomic E-state index is 11.0. The maximum absolute atomic E-state index is 11.0. The van der Waals surface area contributed by atoms with Crippen molar-refractivity contribution in [3.05, 3.63) is 36.9 Å². The lowest BCUT2D eigenvalue weighted by Crippen LogP contribution is -2.07. The molecular weight excluding hydrogens is 178 g/mol. The molecule has 3 heteroatoms. The van der Waals surface area contributed by atoms with Crippen molar-refractivity contribution in [1.82, 2.24) is 0 Å². The Morgan fingerprint density at radius 2 is 2.43 bits per heavy atom. The third-order valence-corrected chi connectivity index (χ3v) is 1.60. The SMILES string of the molecule is C=CC(=O)Nc1cccc(OCC)c1. The first-order valence-electron chi connectivity index (χ1n) is 4.42. The fourth-order valence-corrected chi connectivity index (χ4v) is 1.02. The first-order chi connectivity index (χ1) is 6.76. The molecule has 1 aromatic rings. The number of benzene rings is 1. The Balaban J connectivity index is 2.72. The van der Waals surface area contributed by atoms with Crippen molar-refractivity contribution in [1.29, 1.82) is 0 Å². The zero-order chi connectivity index (χ0) is 10.4. The van der Waals surface area contributed by atoms with Crippen LogP contribution in [0.3, 0.4) is 0 Å². The summed E-state index contributed by atoms with van der Waals surface area (Å²) in [5.41, 5.74) is 0.709. The first-order valence-corrected chi connectivity index (χ1v) is 4.42. The van der Waals surface area contributed by atoms with E-state index in [0.29, 0.717) is 12.3 Å². The van der Waals surface area contributed by atoms with Crippen LogP contribution in [-0.4, -0.2) is 12.5 Å². The topological polar surface area (TPSA) is 38.3 Å². The van der Waals surface area contributed by atoms with Gasteiger partial charge in [-0.1, -0.05) is 12.6 Å². The quantitative estimate of drug-likeness (QED) is 0.741. The van der Waals surface area contributed by atoms with Crippen LogP contribution in [0, 0.1) is 0 Å². The lowest BCUT2D eigenvalue weighted by Gasteiger charge is -2.05. The third-order valence-electron chi connectivity index (χ3n) is 1.60. The number of hydrogen-bond acceptors (Lipinski definition) is 2. The van der Waals surface area contributed by atoms with Gasteiger partial charge in [-0.2, -0.15) is 0 Å². The van der Waals surface area contributed by atoms with Crippen LogP contribution in [0.2, 0.25) is 0 Å². The number of hydrogen-bond donors (Lipinski definition) is 1. The molecule has 0 saturated carbocycles. The van der Waals surface area contributed by atoms with Crippen LogP contribution in [-0.2, 0) is 4.79 Å². The number of nitrogens with one attached hydrogen (secondary N) is 1. The van der Waals surface area contributed by atoms with E-state index in [-0.39, 0.29) is 5.91 Å². The van der Waals surface area contributed by atoms with Crippen LogP contribution < -0.4 is 10.1 Å². The van der Waals surface area contributed by atoms with Crippen molar-refractivity contribution in [3.8, 4) is 5.75 Å². The summed E-state index contributed by atoms with van der Waals surface area (Å²) < 4.78 is 5.28. The van der Waals surface area contributed by atoms with Gasteiger partial charge in [0.05, 0.1) is 6.61 Å². The van der Waals surface area contributed by atoms with Gasteiger partial charge in [-0.25, -0.2) is 0 Å². The first kappa shape index (κ1) is 10.3. The molecule has 1 amide bonds. The van der Waals surface area contributed by atoms with Crippen LogP contribution >= 0.6 is 0 Å². The van der Waals surface area contributed by atoms with Crippen molar-refractivity contribution < 1.29 is 9.53 Å². The predicted molar refractivity (Wildman–Crippen MR) is 56.4 cm³/mol. The number of ether oxygens (including phenoxy) is 1. The lowest BCUT2D eigenvalue weighted by atomic mass is 10.3. The molecule has 3 nitrogen and oxygen atoms in total. The van der Waals surface area contributed by atoms with Gasteiger partial charge in [-0.3, -0.25) is 4.79 Å². The molecule has 0 heterocycles. The van der Waals surface area contributed by atoms with Gasteiger partial charge < -0.3 is 10.1 Å². The second kappa shape index (κ2) is 5.07. The van der Waals surface area contributed by atoms with E-state index in [0.717, 1.165) is 5.75 Å². The molecule has 0 saturated heterocycles. The van der Waals surface area contributed by atoms with E-state index in [2.05, 4.69) is 11.9 Å². The molecule has 0 bridgehead atoms. The molecule has 1 rings (SSSR count). The fourth-order valence-electron chi connectivity index (χ4n) is 1.02. The predicted octanol–water partition coefficient (Wildman–Crippen LogP) is 2.21. The van der Waals surface area contributed by atoms with Crippen molar-refractivity contribution >= 4 is 11.6 Å². The summed E-state index contributed by atoms with van der Waals surface area (Å²) in [5.74, 6) is 0.521. The zero-order valence-electron chi connectivity index (χ0n) is 8.12. The molecule has 0 fully saturated rings. The Labute approximate surface area is 83.4 Å². The van der Waals surface area contributed by atoms with E-state index in [1.54, 1.807) is 12.1 Å². The average Bonchev–Trinajstić information content (AvgIpc) is 2.19. The van der Waals surface area contributed by atoms with Gasteiger partial charge in [0.25, 0.3) is 0 Å². The minimum atomic E-state index is -0.223. The van der Waals surface area contributed by atoms with Gasteiger partial charge >= 0.3 is 0 Å². The van der Waals surface area contributed by atoms with Crippen LogP contribution in [0.5, 0.6) is 5.75 Å².